The predicted octanol–water partition coefficient (Wildman–Crippen LogP) is 4.93. The summed E-state index contributed by atoms with van der Waals surface area (Å²) in [7, 11) is 7.91. The van der Waals surface area contributed by atoms with E-state index in [2.05, 4.69) is 21.1 Å². The summed E-state index contributed by atoms with van der Waals surface area (Å²) < 4.78 is 28.3. The van der Waals surface area contributed by atoms with Crippen molar-refractivity contribution in [3.63, 3.8) is 0 Å². The van der Waals surface area contributed by atoms with Crippen molar-refractivity contribution < 1.29 is 28.9 Å². The standard InChI is InChI=1S/C22H26BrNO6/c1-26-15-9-8-12-6-7-13(19(24-25)17(12)20(15)28-3)10-14-11-16(27-2)21(29-4)22(30-5)18(14)23/h9-12,25H,6-8H2,1-5H3. The number of benzene rings is 1. The molecule has 0 radical (unpaired) electrons. The Morgan fingerprint density at radius 2 is 1.77 bits per heavy atom. The van der Waals surface area contributed by atoms with Crippen molar-refractivity contribution in [1.29, 1.82) is 0 Å². The molecule has 1 aromatic rings. The van der Waals surface area contributed by atoms with Crippen molar-refractivity contribution in [2.24, 2.45) is 11.1 Å². The SMILES string of the molecule is COC1=CCC2CCC(=Cc3cc(OC)c(OC)c(OC)c3Br)C(=NO)C2=C1OC. The van der Waals surface area contributed by atoms with E-state index in [1.807, 2.05) is 18.2 Å². The molecule has 2 aliphatic carbocycles. The Balaban J connectivity index is 2.15. The monoisotopic (exact) mass is 479 g/mol. The van der Waals surface area contributed by atoms with Gasteiger partial charge in [0.2, 0.25) is 5.75 Å². The predicted molar refractivity (Wildman–Crippen MR) is 117 cm³/mol. The molecule has 0 amide bonds. The van der Waals surface area contributed by atoms with Crippen LogP contribution in [0.1, 0.15) is 24.8 Å². The number of allylic oxidation sites excluding steroid dienone is 3. The minimum atomic E-state index is 0.213. The first-order valence-electron chi connectivity index (χ1n) is 9.48. The van der Waals surface area contributed by atoms with Crippen molar-refractivity contribution >= 4 is 27.7 Å². The van der Waals surface area contributed by atoms with Crippen LogP contribution in [-0.4, -0.2) is 46.5 Å². The van der Waals surface area contributed by atoms with Crippen LogP contribution in [0, 0.1) is 5.92 Å². The zero-order chi connectivity index (χ0) is 21.8. The van der Waals surface area contributed by atoms with Crippen LogP contribution in [0.5, 0.6) is 17.2 Å². The summed E-state index contributed by atoms with van der Waals surface area (Å²) in [5.41, 5.74) is 3.06. The van der Waals surface area contributed by atoms with E-state index in [9.17, 15) is 5.21 Å². The highest BCUT2D eigenvalue weighted by Crippen LogP contribution is 2.47. The lowest BCUT2D eigenvalue weighted by molar-refractivity contribution is 0.208. The Morgan fingerprint density at radius 3 is 2.33 bits per heavy atom. The van der Waals surface area contributed by atoms with Gasteiger partial charge in [0.05, 0.1) is 40.0 Å². The van der Waals surface area contributed by atoms with Gasteiger partial charge in [-0.25, -0.2) is 0 Å². The average molecular weight is 480 g/mol. The summed E-state index contributed by atoms with van der Waals surface area (Å²) in [6.07, 6.45) is 6.45. The van der Waals surface area contributed by atoms with Gasteiger partial charge in [-0.1, -0.05) is 5.16 Å². The number of methoxy groups -OCH3 is 5. The smallest absolute Gasteiger partial charge is 0.204 e. The maximum Gasteiger partial charge on any atom is 0.204 e. The molecule has 1 atom stereocenters. The quantitative estimate of drug-likeness (QED) is 0.460. The molecule has 1 aromatic carbocycles. The zero-order valence-corrected chi connectivity index (χ0v) is 19.3. The van der Waals surface area contributed by atoms with Crippen LogP contribution in [0.4, 0.5) is 0 Å². The number of hydrogen-bond donors (Lipinski definition) is 1. The van der Waals surface area contributed by atoms with Crippen LogP contribution >= 0.6 is 15.9 Å². The van der Waals surface area contributed by atoms with Crippen molar-refractivity contribution in [2.75, 3.05) is 35.5 Å². The van der Waals surface area contributed by atoms with Gasteiger partial charge in [-0.05, 0) is 70.5 Å². The summed E-state index contributed by atoms with van der Waals surface area (Å²) in [4.78, 5) is 0. The molecule has 1 saturated carbocycles. The molecular weight excluding hydrogens is 454 g/mol. The highest BCUT2D eigenvalue weighted by atomic mass is 79.9. The van der Waals surface area contributed by atoms with Gasteiger partial charge in [0.25, 0.3) is 0 Å². The number of halogens is 1. The molecule has 2 aliphatic rings. The first-order valence-corrected chi connectivity index (χ1v) is 10.3. The summed E-state index contributed by atoms with van der Waals surface area (Å²) in [6.45, 7) is 0. The van der Waals surface area contributed by atoms with Gasteiger partial charge in [-0.15, -0.1) is 0 Å². The molecule has 0 aromatic heterocycles. The zero-order valence-electron chi connectivity index (χ0n) is 17.7. The van der Waals surface area contributed by atoms with Crippen molar-refractivity contribution in [3.05, 3.63) is 44.8 Å². The van der Waals surface area contributed by atoms with E-state index in [-0.39, 0.29) is 5.92 Å². The Hall–Kier alpha value is -2.61. The fraction of sp³-hybridized carbons (Fsp3) is 0.409. The molecule has 162 valence electrons. The second-order valence-corrected chi connectivity index (χ2v) is 7.65. The average Bonchev–Trinajstić information content (AvgIpc) is 2.78. The van der Waals surface area contributed by atoms with E-state index >= 15 is 0 Å². The number of ether oxygens (including phenoxy) is 5. The van der Waals surface area contributed by atoms with Gasteiger partial charge in [-0.3, -0.25) is 0 Å². The number of nitrogens with zero attached hydrogens (tertiary/aromatic N) is 1. The van der Waals surface area contributed by atoms with Crippen LogP contribution in [0.25, 0.3) is 6.08 Å². The lowest BCUT2D eigenvalue weighted by atomic mass is 9.75. The molecule has 0 spiro atoms. The second-order valence-electron chi connectivity index (χ2n) is 6.86. The molecular formula is C22H26BrNO6. The van der Waals surface area contributed by atoms with Crippen LogP contribution in [0.2, 0.25) is 0 Å². The molecule has 8 heteroatoms. The summed E-state index contributed by atoms with van der Waals surface area (Å²) >= 11 is 3.61. The molecule has 0 saturated heterocycles. The van der Waals surface area contributed by atoms with Crippen LogP contribution in [0.15, 0.2) is 44.4 Å². The summed E-state index contributed by atoms with van der Waals surface area (Å²) in [5.74, 6) is 3.04. The minimum absolute atomic E-state index is 0.213. The number of hydrogen-bond acceptors (Lipinski definition) is 7. The molecule has 0 heterocycles. The first-order chi connectivity index (χ1) is 14.5. The second kappa shape index (κ2) is 9.47. The number of oxime groups is 1. The van der Waals surface area contributed by atoms with Gasteiger partial charge in [0.1, 0.15) is 5.71 Å². The van der Waals surface area contributed by atoms with E-state index in [1.165, 1.54) is 0 Å². The lowest BCUT2D eigenvalue weighted by Gasteiger charge is -2.32. The Labute approximate surface area is 184 Å². The normalized spacial score (nSPS) is 21.3. The van der Waals surface area contributed by atoms with E-state index in [4.69, 9.17) is 23.7 Å². The highest BCUT2D eigenvalue weighted by Gasteiger charge is 2.35. The molecule has 0 aliphatic heterocycles. The van der Waals surface area contributed by atoms with Gasteiger partial charge >= 0.3 is 0 Å². The molecule has 1 N–H and O–H groups in total. The lowest BCUT2D eigenvalue weighted by Crippen LogP contribution is -2.27. The Bertz CT molecular complexity index is 947. The highest BCUT2D eigenvalue weighted by molar-refractivity contribution is 9.10. The van der Waals surface area contributed by atoms with E-state index in [0.717, 1.165) is 40.4 Å². The largest absolute Gasteiger partial charge is 0.493 e. The maximum atomic E-state index is 9.92. The minimum Gasteiger partial charge on any atom is -0.493 e. The molecule has 7 nitrogen and oxygen atoms in total. The van der Waals surface area contributed by atoms with Gasteiger partial charge in [-0.2, -0.15) is 0 Å². The van der Waals surface area contributed by atoms with Crippen molar-refractivity contribution in [3.8, 4) is 17.2 Å². The topological polar surface area (TPSA) is 78.7 Å². The van der Waals surface area contributed by atoms with Gasteiger partial charge in [0.15, 0.2) is 23.0 Å². The summed E-state index contributed by atoms with van der Waals surface area (Å²) in [6, 6.07) is 1.85. The van der Waals surface area contributed by atoms with Crippen LogP contribution in [-0.2, 0) is 9.47 Å². The fourth-order valence-electron chi connectivity index (χ4n) is 4.04. The Morgan fingerprint density at radius 1 is 1.03 bits per heavy atom. The van der Waals surface area contributed by atoms with Crippen LogP contribution < -0.4 is 14.2 Å². The van der Waals surface area contributed by atoms with E-state index in [1.54, 1.807) is 35.5 Å². The van der Waals surface area contributed by atoms with Gasteiger partial charge in [0, 0.05) is 5.57 Å². The third-order valence-corrected chi connectivity index (χ3v) is 6.26. The molecule has 1 fully saturated rings. The van der Waals surface area contributed by atoms with E-state index < -0.39 is 0 Å². The maximum absolute atomic E-state index is 9.92. The molecule has 0 bridgehead atoms. The third kappa shape index (κ3) is 3.76. The summed E-state index contributed by atoms with van der Waals surface area (Å²) in [5, 5.41) is 13.6. The number of rotatable bonds is 6. The number of fused-ring (bicyclic) bond motifs is 1. The first kappa shape index (κ1) is 22.1. The Kier molecular flexibility index (Phi) is 6.97. The molecule has 3 rings (SSSR count). The van der Waals surface area contributed by atoms with Gasteiger partial charge < -0.3 is 28.9 Å². The molecule has 1 unspecified atom stereocenters. The third-order valence-electron chi connectivity index (χ3n) is 5.44. The fourth-order valence-corrected chi connectivity index (χ4v) is 4.61. The molecule has 30 heavy (non-hydrogen) atoms. The van der Waals surface area contributed by atoms with E-state index in [0.29, 0.717) is 34.5 Å². The van der Waals surface area contributed by atoms with Crippen molar-refractivity contribution in [1.82, 2.24) is 0 Å². The van der Waals surface area contributed by atoms with Crippen LogP contribution in [0.3, 0.4) is 0 Å². The van der Waals surface area contributed by atoms with Crippen molar-refractivity contribution in [2.45, 2.75) is 19.3 Å².